The van der Waals surface area contributed by atoms with Crippen molar-refractivity contribution in [1.29, 1.82) is 0 Å². The van der Waals surface area contributed by atoms with Gasteiger partial charge in [-0.2, -0.15) is 13.1 Å². The number of alkyl halides is 2. The van der Waals surface area contributed by atoms with Gasteiger partial charge in [0.2, 0.25) is 0 Å². The van der Waals surface area contributed by atoms with E-state index in [9.17, 15) is 8.78 Å². The molecule has 0 aromatic heterocycles. The molecule has 0 rings (SSSR count). The van der Waals surface area contributed by atoms with Gasteiger partial charge in [-0.25, -0.2) is 0 Å². The highest BCUT2D eigenvalue weighted by molar-refractivity contribution is 7.95. The molecule has 0 aliphatic rings. The number of aliphatic hydroxyl groups excluding tert-OH is 1. The molecular formula is C2H3F2O4S-. The summed E-state index contributed by atoms with van der Waals surface area (Å²) in [6.07, 6.45) is 0. The zero-order chi connectivity index (χ0) is 7.33. The first-order chi connectivity index (χ1) is 4.12. The Hall–Kier alpha value is 0.0500. The molecule has 0 saturated heterocycles. The maximum Gasteiger partial charge on any atom is 0.343 e. The molecule has 0 saturated carbocycles. The van der Waals surface area contributed by atoms with E-state index >= 15 is 0 Å². The Morgan fingerprint density at radius 1 is 1.67 bits per heavy atom. The van der Waals surface area contributed by atoms with E-state index in [1.807, 2.05) is 0 Å². The summed E-state index contributed by atoms with van der Waals surface area (Å²) >= 11 is -0.539. The summed E-state index contributed by atoms with van der Waals surface area (Å²) in [5.41, 5.74) is 0. The van der Waals surface area contributed by atoms with Crippen molar-refractivity contribution in [2.75, 3.05) is 6.61 Å². The van der Waals surface area contributed by atoms with Crippen LogP contribution in [0.5, 0.6) is 0 Å². The molecule has 56 valence electrons. The summed E-state index contributed by atoms with van der Waals surface area (Å²) < 4.78 is 26.7. The Labute approximate surface area is 53.4 Å². The van der Waals surface area contributed by atoms with E-state index in [2.05, 4.69) is 9.37 Å². The van der Waals surface area contributed by atoms with Gasteiger partial charge in [0.15, 0.2) is 0 Å². The minimum atomic E-state index is -3.48. The first-order valence-electron chi connectivity index (χ1n) is 1.75. The largest absolute Gasteiger partial charge is 0.691 e. The Kier molecular flexibility index (Phi) is 3.98. The molecule has 0 atom stereocenters. The van der Waals surface area contributed by atoms with Gasteiger partial charge in [-0.15, -0.1) is 0 Å². The van der Waals surface area contributed by atoms with Crippen molar-refractivity contribution in [2.24, 2.45) is 0 Å². The van der Waals surface area contributed by atoms with Crippen LogP contribution in [0.1, 0.15) is 0 Å². The molecule has 1 N–H and O–H groups in total. The average Bonchev–Trinajstić information content (AvgIpc) is 1.84. The van der Waals surface area contributed by atoms with Gasteiger partial charge in [-0.3, -0.25) is 5.04 Å². The Morgan fingerprint density at radius 3 is 2.56 bits per heavy atom. The van der Waals surface area contributed by atoms with Gasteiger partial charge in [0.05, 0.1) is 0 Å². The molecule has 0 aromatic carbocycles. The van der Waals surface area contributed by atoms with Crippen LogP contribution in [0.2, 0.25) is 0 Å². The fourth-order valence-corrected chi connectivity index (χ4v) is 0.270. The van der Waals surface area contributed by atoms with Crippen LogP contribution in [-0.4, -0.2) is 17.0 Å². The van der Waals surface area contributed by atoms with Gasteiger partial charge in [0.25, 0.3) is 0 Å². The van der Waals surface area contributed by atoms with E-state index in [0.717, 1.165) is 0 Å². The van der Waals surface area contributed by atoms with Gasteiger partial charge in [0.1, 0.15) is 18.6 Å². The van der Waals surface area contributed by atoms with Gasteiger partial charge in [-0.1, -0.05) is 0 Å². The van der Waals surface area contributed by atoms with Crippen molar-refractivity contribution in [3.63, 3.8) is 0 Å². The molecule has 4 nitrogen and oxygen atoms in total. The normalized spacial score (nSPS) is 12.0. The molecule has 0 aliphatic heterocycles. The molecule has 0 radical (unpaired) electrons. The molecule has 0 aliphatic carbocycles. The van der Waals surface area contributed by atoms with Crippen LogP contribution in [0, 0.1) is 0 Å². The lowest BCUT2D eigenvalue weighted by atomic mass is 10.8. The number of aliphatic hydroxyl groups is 1. The van der Waals surface area contributed by atoms with Crippen molar-refractivity contribution in [3.05, 3.63) is 0 Å². The number of hydrogen-bond donors (Lipinski definition) is 1. The second kappa shape index (κ2) is 3.96. The lowest BCUT2D eigenvalue weighted by molar-refractivity contribution is -0.777. The van der Waals surface area contributed by atoms with Crippen LogP contribution < -0.4 is 5.26 Å². The fraction of sp³-hybridized carbons (Fsp3) is 1.00. The van der Waals surface area contributed by atoms with Crippen LogP contribution in [0.4, 0.5) is 8.78 Å². The van der Waals surface area contributed by atoms with E-state index < -0.39 is 23.9 Å². The zero-order valence-electron chi connectivity index (χ0n) is 4.04. The Morgan fingerprint density at radius 2 is 2.22 bits per heavy atom. The number of halogens is 2. The van der Waals surface area contributed by atoms with Crippen molar-refractivity contribution in [3.8, 4) is 0 Å². The SMILES string of the molecule is [O-]OOSC(F)(F)CO. The summed E-state index contributed by atoms with van der Waals surface area (Å²) in [6.45, 7) is -1.40. The summed E-state index contributed by atoms with van der Waals surface area (Å²) in [6, 6.07) is 0. The third-order valence-corrected chi connectivity index (χ3v) is 0.864. The molecule has 0 bridgehead atoms. The predicted molar refractivity (Wildman–Crippen MR) is 21.8 cm³/mol. The number of hydrogen-bond acceptors (Lipinski definition) is 5. The van der Waals surface area contributed by atoms with Crippen LogP contribution in [-0.2, 0) is 9.37 Å². The monoisotopic (exact) mass is 161 g/mol. The minimum absolute atomic E-state index is 0.539. The van der Waals surface area contributed by atoms with Crippen LogP contribution in [0.3, 0.4) is 0 Å². The molecule has 7 heteroatoms. The van der Waals surface area contributed by atoms with Crippen molar-refractivity contribution in [2.45, 2.75) is 5.25 Å². The smallest absolute Gasteiger partial charge is 0.343 e. The van der Waals surface area contributed by atoms with Crippen LogP contribution in [0.15, 0.2) is 0 Å². The first-order valence-corrected chi connectivity index (χ1v) is 2.49. The molecule has 0 heterocycles. The molecule has 0 spiro atoms. The van der Waals surface area contributed by atoms with Gasteiger partial charge in [0, 0.05) is 0 Å². The third kappa shape index (κ3) is 4.55. The first kappa shape index (κ1) is 9.05. The maximum absolute atomic E-state index is 11.7. The predicted octanol–water partition coefficient (Wildman–Crippen LogP) is -0.557. The summed E-state index contributed by atoms with van der Waals surface area (Å²) in [7, 11) is 0. The van der Waals surface area contributed by atoms with E-state index in [1.165, 1.54) is 0 Å². The second-order valence-electron chi connectivity index (χ2n) is 1.01. The zero-order valence-corrected chi connectivity index (χ0v) is 4.86. The van der Waals surface area contributed by atoms with E-state index in [0.29, 0.717) is 0 Å². The Bertz CT molecular complexity index is 79.0. The standard InChI is InChI=1S/C2H4F2O4S/c3-2(4,1-5)9-8-7-6/h5-6H,1H2/p-1. The number of rotatable bonds is 4. The van der Waals surface area contributed by atoms with Crippen molar-refractivity contribution < 1.29 is 28.5 Å². The minimum Gasteiger partial charge on any atom is -0.691 e. The van der Waals surface area contributed by atoms with E-state index in [-0.39, 0.29) is 0 Å². The topological polar surface area (TPSA) is 61.8 Å². The Balaban J connectivity index is 3.33. The molecule has 9 heavy (non-hydrogen) atoms. The lowest BCUT2D eigenvalue weighted by Crippen LogP contribution is -2.17. The quantitative estimate of drug-likeness (QED) is 0.340. The molecule has 0 unspecified atom stereocenters. The van der Waals surface area contributed by atoms with Crippen LogP contribution >= 0.6 is 12.0 Å². The van der Waals surface area contributed by atoms with Gasteiger partial charge in [-0.05, 0) is 0 Å². The van der Waals surface area contributed by atoms with E-state index in [4.69, 9.17) is 10.4 Å². The lowest BCUT2D eigenvalue weighted by Gasteiger charge is -2.10. The highest BCUT2D eigenvalue weighted by Gasteiger charge is 2.30. The highest BCUT2D eigenvalue weighted by atomic mass is 32.2. The summed E-state index contributed by atoms with van der Waals surface area (Å²) in [4.78, 5) is 0. The van der Waals surface area contributed by atoms with E-state index in [1.54, 1.807) is 0 Å². The molecule has 0 amide bonds. The maximum atomic E-state index is 11.7. The van der Waals surface area contributed by atoms with Crippen molar-refractivity contribution >= 4 is 12.0 Å². The average molecular weight is 161 g/mol. The summed E-state index contributed by atoms with van der Waals surface area (Å²) in [5.74, 6) is 0. The molecule has 0 aromatic rings. The molecule has 0 fully saturated rings. The molecular weight excluding hydrogens is 158 g/mol. The fourth-order valence-electron chi connectivity index (χ4n) is 0.0900. The van der Waals surface area contributed by atoms with Crippen LogP contribution in [0.25, 0.3) is 0 Å². The van der Waals surface area contributed by atoms with Crippen molar-refractivity contribution in [1.82, 2.24) is 0 Å². The third-order valence-electron chi connectivity index (χ3n) is 0.368. The summed E-state index contributed by atoms with van der Waals surface area (Å²) in [5, 5.41) is 15.9. The second-order valence-corrected chi connectivity index (χ2v) is 1.91. The van der Waals surface area contributed by atoms with Gasteiger partial charge >= 0.3 is 5.25 Å². The van der Waals surface area contributed by atoms with Gasteiger partial charge < -0.3 is 10.4 Å². The highest BCUT2D eigenvalue weighted by Crippen LogP contribution is 2.28.